The van der Waals surface area contributed by atoms with Crippen LogP contribution in [-0.2, 0) is 19.2 Å². The van der Waals surface area contributed by atoms with Gasteiger partial charge in [0.1, 0.15) is 0 Å². The summed E-state index contributed by atoms with van der Waals surface area (Å²) in [7, 11) is 0. The molecular weight excluding hydrogens is 520 g/mol. The zero-order valence-corrected chi connectivity index (χ0v) is 28.3. The van der Waals surface area contributed by atoms with Gasteiger partial charge < -0.3 is 0 Å². The van der Waals surface area contributed by atoms with Gasteiger partial charge in [-0.25, -0.2) is 0 Å². The van der Waals surface area contributed by atoms with E-state index in [1.54, 1.807) is 13.8 Å². The summed E-state index contributed by atoms with van der Waals surface area (Å²) in [6.07, 6.45) is 6.30. The number of carbonyl (C=O) groups is 4. The molecule has 230 valence electrons. The molecule has 0 aromatic rings. The highest BCUT2D eigenvalue weighted by molar-refractivity contribution is 6.56. The van der Waals surface area contributed by atoms with Gasteiger partial charge in [-0.05, 0) is 80.0 Å². The summed E-state index contributed by atoms with van der Waals surface area (Å²) in [5.41, 5.74) is -4.16. The Morgan fingerprint density at radius 2 is 1.23 bits per heavy atom. The van der Waals surface area contributed by atoms with Crippen molar-refractivity contribution in [2.24, 2.45) is 51.8 Å². The molecule has 0 N–H and O–H groups in total. The summed E-state index contributed by atoms with van der Waals surface area (Å²) in [4.78, 5) is 57.7. The number of Topliss-reactive ketones (excluding diaryl/α,β-unsaturated/α-hetero) is 4. The normalized spacial score (nSPS) is 32.8. The molecular formula is C35H59ClO4. The lowest BCUT2D eigenvalue weighted by molar-refractivity contribution is -0.191. The first kappa shape index (κ1) is 35.2. The van der Waals surface area contributed by atoms with Gasteiger partial charge in [0.15, 0.2) is 33.4 Å². The van der Waals surface area contributed by atoms with Crippen molar-refractivity contribution in [2.75, 3.05) is 0 Å². The monoisotopic (exact) mass is 578 g/mol. The van der Waals surface area contributed by atoms with Gasteiger partial charge in [-0.2, -0.15) is 0 Å². The average molecular weight is 579 g/mol. The van der Waals surface area contributed by atoms with Crippen molar-refractivity contribution >= 4 is 34.7 Å². The van der Waals surface area contributed by atoms with E-state index in [0.29, 0.717) is 43.9 Å². The molecule has 5 heteroatoms. The topological polar surface area (TPSA) is 68.3 Å². The maximum absolute atomic E-state index is 15.1. The van der Waals surface area contributed by atoms with Gasteiger partial charge in [0.25, 0.3) is 0 Å². The van der Waals surface area contributed by atoms with Crippen molar-refractivity contribution in [2.45, 2.75) is 145 Å². The molecule has 40 heavy (non-hydrogen) atoms. The van der Waals surface area contributed by atoms with Crippen molar-refractivity contribution in [3.8, 4) is 0 Å². The molecule has 4 nitrogen and oxygen atoms in total. The van der Waals surface area contributed by atoms with Gasteiger partial charge >= 0.3 is 0 Å². The number of ketones is 4. The van der Waals surface area contributed by atoms with Crippen molar-refractivity contribution in [1.29, 1.82) is 0 Å². The summed E-state index contributed by atoms with van der Waals surface area (Å²) in [5, 5.41) is 0. The van der Waals surface area contributed by atoms with Crippen LogP contribution in [0.25, 0.3) is 0 Å². The fraction of sp³-hybridized carbons (Fsp3) is 0.886. The Morgan fingerprint density at radius 1 is 0.725 bits per heavy atom. The van der Waals surface area contributed by atoms with Crippen LogP contribution in [0.1, 0.15) is 140 Å². The van der Waals surface area contributed by atoms with Gasteiger partial charge in [-0.3, -0.25) is 19.2 Å². The Morgan fingerprint density at radius 3 is 1.70 bits per heavy atom. The van der Waals surface area contributed by atoms with Crippen molar-refractivity contribution < 1.29 is 19.2 Å². The highest BCUT2D eigenvalue weighted by Crippen LogP contribution is 2.68. The molecule has 0 aromatic carbocycles. The fourth-order valence-corrected chi connectivity index (χ4v) is 8.17. The molecule has 5 atom stereocenters. The molecule has 2 saturated carbocycles. The molecule has 2 rings (SSSR count). The quantitative estimate of drug-likeness (QED) is 0.143. The van der Waals surface area contributed by atoms with Crippen molar-refractivity contribution in [1.82, 2.24) is 0 Å². The van der Waals surface area contributed by atoms with Crippen LogP contribution in [0.5, 0.6) is 0 Å². The molecule has 1 unspecified atom stereocenters. The van der Waals surface area contributed by atoms with E-state index in [0.717, 1.165) is 25.7 Å². The van der Waals surface area contributed by atoms with Crippen molar-refractivity contribution in [3.63, 3.8) is 0 Å². The smallest absolute Gasteiger partial charge is 0.182 e. The number of rotatable bonds is 15. The summed E-state index contributed by atoms with van der Waals surface area (Å²) in [6, 6.07) is 0. The zero-order valence-electron chi connectivity index (χ0n) is 27.5. The van der Waals surface area contributed by atoms with E-state index in [1.165, 1.54) is 0 Å². The number of hydrogen-bond acceptors (Lipinski definition) is 4. The Kier molecular flexibility index (Phi) is 11.5. The Labute approximate surface area is 250 Å². The van der Waals surface area contributed by atoms with Crippen LogP contribution in [0.3, 0.4) is 0 Å². The standard InChI is InChI=1S/C35H59ClO4/c1-22(2)13-12-18-32(11)27(15-14-23(3)4)21-33(19-16-24(5)6)29(38)34(36,20-17-25(7)8)31(40)35(32,30(33)39)28(37)26(9)10/h22-27H,12-21H2,1-11H3/t27-,32+,33+,34?,35+/m0/s1. The molecule has 2 aliphatic carbocycles. The van der Waals surface area contributed by atoms with E-state index < -0.39 is 44.4 Å². The van der Waals surface area contributed by atoms with Crippen molar-refractivity contribution in [3.05, 3.63) is 0 Å². The molecule has 0 radical (unpaired) electrons. The number of hydrogen-bond donors (Lipinski definition) is 0. The second-order valence-electron chi connectivity index (χ2n) is 15.6. The number of halogens is 1. The molecule has 2 fully saturated rings. The minimum atomic E-state index is -1.89. The number of alkyl halides is 1. The van der Waals surface area contributed by atoms with E-state index >= 15 is 9.59 Å². The molecule has 2 aliphatic rings. The first-order valence-corrected chi connectivity index (χ1v) is 16.6. The first-order valence-electron chi connectivity index (χ1n) is 16.2. The highest BCUT2D eigenvalue weighted by Gasteiger charge is 2.81. The summed E-state index contributed by atoms with van der Waals surface area (Å²) in [6.45, 7) is 22.6. The minimum Gasteiger partial charge on any atom is -0.298 e. The van der Waals surface area contributed by atoms with Gasteiger partial charge in [0.05, 0.1) is 5.41 Å². The van der Waals surface area contributed by atoms with Crippen LogP contribution in [0.2, 0.25) is 0 Å². The van der Waals surface area contributed by atoms with E-state index in [1.807, 2.05) is 20.8 Å². The second kappa shape index (κ2) is 13.1. The predicted octanol–water partition coefficient (Wildman–Crippen LogP) is 9.04. The van der Waals surface area contributed by atoms with Crippen LogP contribution in [-0.4, -0.2) is 28.0 Å². The molecule has 0 aromatic heterocycles. The first-order chi connectivity index (χ1) is 18.3. The van der Waals surface area contributed by atoms with Crippen LogP contribution in [0.4, 0.5) is 0 Å². The largest absolute Gasteiger partial charge is 0.298 e. The molecule has 2 bridgehead atoms. The third-order valence-electron chi connectivity index (χ3n) is 10.3. The number of fused-ring (bicyclic) bond motifs is 2. The maximum Gasteiger partial charge on any atom is 0.182 e. The Hall–Kier alpha value is -1.03. The zero-order chi connectivity index (χ0) is 30.8. The van der Waals surface area contributed by atoms with Gasteiger partial charge in [0, 0.05) is 5.92 Å². The average Bonchev–Trinajstić information content (AvgIpc) is 2.84. The lowest BCUT2D eigenvalue weighted by atomic mass is 9.35. The Balaban J connectivity index is 2.98. The lowest BCUT2D eigenvalue weighted by Crippen LogP contribution is -2.78. The second-order valence-corrected chi connectivity index (χ2v) is 16.2. The summed E-state index contributed by atoms with van der Waals surface area (Å²) < 4.78 is 0. The van der Waals surface area contributed by atoms with Gasteiger partial charge in [-0.15, -0.1) is 11.6 Å². The van der Waals surface area contributed by atoms with E-state index in [-0.39, 0.29) is 30.0 Å². The summed E-state index contributed by atoms with van der Waals surface area (Å²) >= 11 is 7.31. The van der Waals surface area contributed by atoms with Gasteiger partial charge in [0.2, 0.25) is 0 Å². The van der Waals surface area contributed by atoms with Crippen LogP contribution in [0.15, 0.2) is 0 Å². The van der Waals surface area contributed by atoms with E-state index in [2.05, 4.69) is 41.5 Å². The fourth-order valence-electron chi connectivity index (χ4n) is 7.74. The molecule has 0 heterocycles. The van der Waals surface area contributed by atoms with Gasteiger partial charge in [-0.1, -0.05) is 95.4 Å². The SMILES string of the molecule is CC(C)CCC[C@]1(C)[C@@H](CCC(C)C)C[C@]2(CCC(C)C)C(=O)C(Cl)(CCC(C)C)C(=O)[C@@]1(C(=O)C(C)C)C2=O. The molecule has 0 spiro atoms. The summed E-state index contributed by atoms with van der Waals surface area (Å²) in [5.74, 6) is -0.947. The minimum absolute atomic E-state index is 0.0890. The molecule has 0 aliphatic heterocycles. The van der Waals surface area contributed by atoms with Crippen LogP contribution >= 0.6 is 11.6 Å². The highest BCUT2D eigenvalue weighted by atomic mass is 35.5. The predicted molar refractivity (Wildman–Crippen MR) is 165 cm³/mol. The van der Waals surface area contributed by atoms with Crippen LogP contribution < -0.4 is 0 Å². The maximum atomic E-state index is 15.1. The molecule has 0 saturated heterocycles. The Bertz CT molecular complexity index is 939. The van der Waals surface area contributed by atoms with E-state index in [4.69, 9.17) is 11.6 Å². The lowest BCUT2D eigenvalue weighted by Gasteiger charge is -2.63. The van der Waals surface area contributed by atoms with E-state index in [9.17, 15) is 9.59 Å². The third-order valence-corrected chi connectivity index (χ3v) is 10.8. The molecule has 0 amide bonds. The third kappa shape index (κ3) is 6.04. The number of carbonyl (C=O) groups excluding carboxylic acids is 4. The van der Waals surface area contributed by atoms with Crippen LogP contribution in [0, 0.1) is 51.8 Å².